The highest BCUT2D eigenvalue weighted by Crippen LogP contribution is 2.47. The van der Waals surface area contributed by atoms with Gasteiger partial charge in [-0.1, -0.05) is 34.1 Å². The van der Waals surface area contributed by atoms with Crippen LogP contribution < -0.4 is 0 Å². The van der Waals surface area contributed by atoms with E-state index in [0.717, 1.165) is 5.92 Å². The van der Waals surface area contributed by atoms with E-state index in [-0.39, 0.29) is 0 Å². The molecule has 0 aromatic carbocycles. The lowest BCUT2D eigenvalue weighted by atomic mass is 9.59. The van der Waals surface area contributed by atoms with Crippen molar-refractivity contribution in [2.45, 2.75) is 40.5 Å². The van der Waals surface area contributed by atoms with Crippen LogP contribution in [0.25, 0.3) is 0 Å². The van der Waals surface area contributed by atoms with E-state index in [2.05, 4.69) is 27.7 Å². The highest BCUT2D eigenvalue weighted by Gasteiger charge is 2.40. The molecule has 0 heterocycles. The zero-order chi connectivity index (χ0) is 9.35. The maximum atomic E-state index is 9.31. The molecule has 1 heteroatoms. The first-order chi connectivity index (χ1) is 5.50. The molecule has 12 heavy (non-hydrogen) atoms. The third kappa shape index (κ3) is 1.52. The van der Waals surface area contributed by atoms with Crippen molar-refractivity contribution in [1.29, 1.82) is 0 Å². The molecule has 0 aromatic rings. The van der Waals surface area contributed by atoms with E-state index in [1.165, 1.54) is 12.8 Å². The molecular formula is C11H22O. The van der Waals surface area contributed by atoms with Crippen molar-refractivity contribution in [3.05, 3.63) is 0 Å². The lowest BCUT2D eigenvalue weighted by molar-refractivity contribution is -0.00854. The Labute approximate surface area is 76.2 Å². The summed E-state index contributed by atoms with van der Waals surface area (Å²) in [6, 6.07) is 0. The summed E-state index contributed by atoms with van der Waals surface area (Å²) >= 11 is 0. The first-order valence-corrected chi connectivity index (χ1v) is 5.11. The summed E-state index contributed by atoms with van der Waals surface area (Å²) in [6.45, 7) is 9.55. The van der Waals surface area contributed by atoms with Crippen LogP contribution in [-0.4, -0.2) is 11.7 Å². The van der Waals surface area contributed by atoms with Gasteiger partial charge in [-0.05, 0) is 29.6 Å². The van der Waals surface area contributed by atoms with E-state index >= 15 is 0 Å². The molecule has 1 N–H and O–H groups in total. The van der Waals surface area contributed by atoms with Gasteiger partial charge in [-0.25, -0.2) is 0 Å². The molecule has 1 nitrogen and oxygen atoms in total. The second-order valence-corrected chi connectivity index (χ2v) is 5.07. The van der Waals surface area contributed by atoms with Crippen LogP contribution in [0.15, 0.2) is 0 Å². The van der Waals surface area contributed by atoms with Crippen LogP contribution >= 0.6 is 0 Å². The Kier molecular flexibility index (Phi) is 2.82. The Balaban J connectivity index is 2.76. The van der Waals surface area contributed by atoms with Crippen LogP contribution in [0.4, 0.5) is 0 Å². The molecule has 1 aliphatic rings. The fraction of sp³-hybridized carbons (Fsp3) is 1.00. The molecule has 0 saturated heterocycles. The van der Waals surface area contributed by atoms with Crippen LogP contribution in [0, 0.1) is 23.2 Å². The molecule has 0 bridgehead atoms. The molecular weight excluding hydrogens is 148 g/mol. The molecule has 0 radical (unpaired) electrons. The first-order valence-electron chi connectivity index (χ1n) is 5.11. The van der Waals surface area contributed by atoms with Gasteiger partial charge < -0.3 is 5.11 Å². The fourth-order valence-corrected chi connectivity index (χ4v) is 2.60. The van der Waals surface area contributed by atoms with Gasteiger partial charge >= 0.3 is 0 Å². The minimum Gasteiger partial charge on any atom is -0.396 e. The third-order valence-electron chi connectivity index (χ3n) is 4.16. The van der Waals surface area contributed by atoms with E-state index in [1.54, 1.807) is 0 Å². The summed E-state index contributed by atoms with van der Waals surface area (Å²) in [5.41, 5.74) is 0.326. The summed E-state index contributed by atoms with van der Waals surface area (Å²) in [7, 11) is 0. The van der Waals surface area contributed by atoms with Gasteiger partial charge in [0.15, 0.2) is 0 Å². The Morgan fingerprint density at radius 3 is 2.25 bits per heavy atom. The summed E-state index contributed by atoms with van der Waals surface area (Å²) in [4.78, 5) is 0. The molecule has 0 aromatic heterocycles. The van der Waals surface area contributed by atoms with Gasteiger partial charge in [0.05, 0.1) is 0 Å². The minimum atomic E-state index is 0.326. The second kappa shape index (κ2) is 3.37. The van der Waals surface area contributed by atoms with Gasteiger partial charge in [-0.15, -0.1) is 0 Å². The molecule has 1 fully saturated rings. The fourth-order valence-electron chi connectivity index (χ4n) is 2.60. The lowest BCUT2D eigenvalue weighted by Gasteiger charge is -2.46. The van der Waals surface area contributed by atoms with Crippen LogP contribution in [0.1, 0.15) is 40.5 Å². The van der Waals surface area contributed by atoms with Crippen LogP contribution in [-0.2, 0) is 0 Å². The zero-order valence-electron chi connectivity index (χ0n) is 8.80. The number of hydrogen-bond donors (Lipinski definition) is 1. The van der Waals surface area contributed by atoms with Crippen molar-refractivity contribution in [2.24, 2.45) is 23.2 Å². The molecule has 0 amide bonds. The quantitative estimate of drug-likeness (QED) is 0.641. The first kappa shape index (κ1) is 10.0. The Morgan fingerprint density at radius 2 is 1.83 bits per heavy atom. The lowest BCUT2D eigenvalue weighted by Crippen LogP contribution is -2.41. The molecule has 0 unspecified atom stereocenters. The number of rotatable bonds is 1. The predicted octanol–water partition coefficient (Wildman–Crippen LogP) is 2.69. The molecule has 72 valence electrons. The van der Waals surface area contributed by atoms with Gasteiger partial charge in [0.1, 0.15) is 0 Å². The monoisotopic (exact) mass is 170 g/mol. The number of hydrogen-bond acceptors (Lipinski definition) is 1. The van der Waals surface area contributed by atoms with Gasteiger partial charge in [0, 0.05) is 6.61 Å². The van der Waals surface area contributed by atoms with Gasteiger partial charge in [-0.2, -0.15) is 0 Å². The highest BCUT2D eigenvalue weighted by molar-refractivity contribution is 4.89. The van der Waals surface area contributed by atoms with Crippen molar-refractivity contribution in [1.82, 2.24) is 0 Å². The van der Waals surface area contributed by atoms with E-state index in [1.807, 2.05) is 0 Å². The maximum absolute atomic E-state index is 9.31. The topological polar surface area (TPSA) is 20.2 Å². The summed E-state index contributed by atoms with van der Waals surface area (Å²) in [6.07, 6.45) is 2.61. The average molecular weight is 170 g/mol. The zero-order valence-corrected chi connectivity index (χ0v) is 8.80. The predicted molar refractivity (Wildman–Crippen MR) is 51.9 cm³/mol. The second-order valence-electron chi connectivity index (χ2n) is 5.07. The van der Waals surface area contributed by atoms with Crippen molar-refractivity contribution >= 4 is 0 Å². The summed E-state index contributed by atoms with van der Waals surface area (Å²) in [5.74, 6) is 1.95. The molecule has 0 aliphatic heterocycles. The van der Waals surface area contributed by atoms with Gasteiger partial charge in [0.25, 0.3) is 0 Å². The highest BCUT2D eigenvalue weighted by atomic mass is 16.3. The Hall–Kier alpha value is -0.0400. The SMILES string of the molecule is C[C@@H]1CC[C@H](C)C(C)(C)[C@@H]1CO. The van der Waals surface area contributed by atoms with Crippen molar-refractivity contribution in [2.75, 3.05) is 6.61 Å². The van der Waals surface area contributed by atoms with Gasteiger partial charge in [0.2, 0.25) is 0 Å². The van der Waals surface area contributed by atoms with Gasteiger partial charge in [-0.3, -0.25) is 0 Å². The van der Waals surface area contributed by atoms with Crippen LogP contribution in [0.5, 0.6) is 0 Å². The third-order valence-corrected chi connectivity index (χ3v) is 4.16. The molecule has 3 atom stereocenters. The average Bonchev–Trinajstić information content (AvgIpc) is 1.98. The Bertz CT molecular complexity index is 151. The molecule has 0 spiro atoms. The van der Waals surface area contributed by atoms with Crippen molar-refractivity contribution in [3.8, 4) is 0 Å². The standard InChI is InChI=1S/C11H22O/c1-8-5-6-9(2)11(3,4)10(8)7-12/h8-10,12H,5-7H2,1-4H3/t8-,9+,10-/m1/s1. The minimum absolute atomic E-state index is 0.326. The van der Waals surface area contributed by atoms with E-state index < -0.39 is 0 Å². The summed E-state index contributed by atoms with van der Waals surface area (Å²) in [5, 5.41) is 9.31. The molecule has 1 rings (SSSR count). The largest absolute Gasteiger partial charge is 0.396 e. The van der Waals surface area contributed by atoms with Crippen molar-refractivity contribution in [3.63, 3.8) is 0 Å². The number of aliphatic hydroxyl groups is 1. The van der Waals surface area contributed by atoms with Crippen molar-refractivity contribution < 1.29 is 5.11 Å². The summed E-state index contributed by atoms with van der Waals surface area (Å²) < 4.78 is 0. The van der Waals surface area contributed by atoms with Crippen LogP contribution in [0.2, 0.25) is 0 Å². The maximum Gasteiger partial charge on any atom is 0.0467 e. The Morgan fingerprint density at radius 1 is 1.25 bits per heavy atom. The smallest absolute Gasteiger partial charge is 0.0467 e. The molecule has 1 saturated carbocycles. The number of aliphatic hydroxyl groups excluding tert-OH is 1. The normalized spacial score (nSPS) is 41.2. The van der Waals surface area contributed by atoms with E-state index in [9.17, 15) is 5.11 Å². The van der Waals surface area contributed by atoms with E-state index in [0.29, 0.717) is 23.9 Å². The molecule has 1 aliphatic carbocycles. The van der Waals surface area contributed by atoms with E-state index in [4.69, 9.17) is 0 Å². The van der Waals surface area contributed by atoms with Crippen LogP contribution in [0.3, 0.4) is 0 Å².